The number of nitrogens with zero attached hydrogens (tertiary/aromatic N) is 3. The highest BCUT2D eigenvalue weighted by molar-refractivity contribution is 6.13. The van der Waals surface area contributed by atoms with Gasteiger partial charge in [0.1, 0.15) is 12.0 Å². The molecular weight excluding hydrogens is 729 g/mol. The number of nitrogens with one attached hydrogen (secondary N) is 1. The number of pyridine rings is 1. The van der Waals surface area contributed by atoms with Gasteiger partial charge in [0.2, 0.25) is 0 Å². The molecule has 2 heterocycles. The molecule has 60 heavy (non-hydrogen) atoms. The topological polar surface area (TPSA) is 49.6 Å². The predicted molar refractivity (Wildman–Crippen MR) is 250 cm³/mol. The van der Waals surface area contributed by atoms with Crippen molar-refractivity contribution in [2.45, 2.75) is 81.2 Å². The normalized spacial score (nSPS) is 23.4. The summed E-state index contributed by atoms with van der Waals surface area (Å²) in [7, 11) is 0. The van der Waals surface area contributed by atoms with Gasteiger partial charge in [-0.2, -0.15) is 0 Å². The number of amidine groups is 2. The lowest BCUT2D eigenvalue weighted by atomic mass is 9.79. The molecule has 10 rings (SSSR count). The van der Waals surface area contributed by atoms with Crippen LogP contribution in [0.3, 0.4) is 0 Å². The Morgan fingerprint density at radius 1 is 0.550 bits per heavy atom. The Kier molecular flexibility index (Phi) is 11.0. The Balaban J connectivity index is 0.914. The Labute approximate surface area is 355 Å². The molecular formula is C56H52N4. The highest BCUT2D eigenvalue weighted by atomic mass is 15.2. The summed E-state index contributed by atoms with van der Waals surface area (Å²) in [4.78, 5) is 15.9. The molecule has 5 unspecified atom stereocenters. The summed E-state index contributed by atoms with van der Waals surface area (Å²) < 4.78 is 0. The number of benzene rings is 4. The molecule has 0 spiro atoms. The van der Waals surface area contributed by atoms with E-state index in [1.807, 2.05) is 0 Å². The van der Waals surface area contributed by atoms with E-state index in [9.17, 15) is 0 Å². The van der Waals surface area contributed by atoms with E-state index in [-0.39, 0.29) is 12.1 Å². The smallest absolute Gasteiger partial charge is 0.159 e. The summed E-state index contributed by atoms with van der Waals surface area (Å²) in [6, 6.07) is 41.8. The number of hydrogen-bond donors (Lipinski definition) is 1. The van der Waals surface area contributed by atoms with Crippen LogP contribution in [0.1, 0.15) is 126 Å². The second-order valence-corrected chi connectivity index (χ2v) is 16.8. The van der Waals surface area contributed by atoms with Crippen molar-refractivity contribution in [2.75, 3.05) is 0 Å². The van der Waals surface area contributed by atoms with Gasteiger partial charge >= 0.3 is 0 Å². The number of rotatable bonds is 9. The van der Waals surface area contributed by atoms with Crippen LogP contribution in [0.15, 0.2) is 192 Å². The molecule has 4 aromatic carbocycles. The number of allylic oxidation sites excluding steroid dienone is 12. The van der Waals surface area contributed by atoms with Gasteiger partial charge in [0, 0.05) is 34.6 Å². The molecule has 0 saturated carbocycles. The van der Waals surface area contributed by atoms with Gasteiger partial charge in [-0.05, 0) is 102 Å². The summed E-state index contributed by atoms with van der Waals surface area (Å²) in [6.07, 6.45) is 34.0. The molecule has 0 radical (unpaired) electrons. The van der Waals surface area contributed by atoms with Gasteiger partial charge in [0.05, 0.1) is 5.69 Å². The van der Waals surface area contributed by atoms with Crippen LogP contribution in [-0.2, 0) is 0 Å². The van der Waals surface area contributed by atoms with Gasteiger partial charge in [-0.25, -0.2) is 9.98 Å². The average Bonchev–Trinajstić information content (AvgIpc) is 3.35. The maximum Gasteiger partial charge on any atom is 0.159 e. The third-order valence-electron chi connectivity index (χ3n) is 12.9. The van der Waals surface area contributed by atoms with Crippen LogP contribution < -0.4 is 5.32 Å². The van der Waals surface area contributed by atoms with Crippen LogP contribution in [0.4, 0.5) is 0 Å². The zero-order valence-electron chi connectivity index (χ0n) is 34.2. The van der Waals surface area contributed by atoms with Crippen LogP contribution in [-0.4, -0.2) is 16.7 Å². The minimum Gasteiger partial charge on any atom is -0.344 e. The monoisotopic (exact) mass is 780 g/mol. The van der Waals surface area contributed by atoms with Crippen molar-refractivity contribution in [2.24, 2.45) is 9.98 Å². The maximum absolute atomic E-state index is 5.50. The summed E-state index contributed by atoms with van der Waals surface area (Å²) in [5.74, 6) is 3.07. The Morgan fingerprint density at radius 2 is 1.32 bits per heavy atom. The molecule has 0 amide bonds. The minimum atomic E-state index is -0.275. The van der Waals surface area contributed by atoms with Crippen molar-refractivity contribution in [3.8, 4) is 11.1 Å². The first-order chi connectivity index (χ1) is 29.7. The lowest BCUT2D eigenvalue weighted by Crippen LogP contribution is -2.33. The van der Waals surface area contributed by atoms with E-state index in [2.05, 4.69) is 187 Å². The van der Waals surface area contributed by atoms with E-state index in [0.717, 1.165) is 60.5 Å². The fraction of sp³-hybridized carbons (Fsp3) is 0.232. The molecule has 5 aliphatic rings. The SMILES string of the molecule is C1=CCC(c2nc(C3C=CCC(c4ccc(C5=NC(c6ccc(-c7ccccc7)cc6)NC(c6ccc(C7=CCCC=C7)cc6)=N5)cc4)C3)ccc2C2C=CCCC2)C=C1. The van der Waals surface area contributed by atoms with Crippen LogP contribution in [0, 0.1) is 0 Å². The predicted octanol–water partition coefficient (Wildman–Crippen LogP) is 13.6. The quantitative estimate of drug-likeness (QED) is 0.151. The number of aromatic nitrogens is 1. The molecule has 1 aromatic heterocycles. The molecule has 0 saturated heterocycles. The first-order valence-electron chi connectivity index (χ1n) is 22.1. The van der Waals surface area contributed by atoms with Crippen molar-refractivity contribution in [3.63, 3.8) is 0 Å². The van der Waals surface area contributed by atoms with E-state index in [1.54, 1.807) is 0 Å². The first kappa shape index (κ1) is 37.9. The van der Waals surface area contributed by atoms with Crippen molar-refractivity contribution in [3.05, 3.63) is 227 Å². The number of hydrogen-bond acceptors (Lipinski definition) is 4. The fourth-order valence-corrected chi connectivity index (χ4v) is 9.49. The van der Waals surface area contributed by atoms with Gasteiger partial charge < -0.3 is 5.32 Å². The van der Waals surface area contributed by atoms with Crippen LogP contribution >= 0.6 is 0 Å². The second-order valence-electron chi connectivity index (χ2n) is 16.8. The summed E-state index contributed by atoms with van der Waals surface area (Å²) >= 11 is 0. The van der Waals surface area contributed by atoms with Crippen molar-refractivity contribution >= 4 is 17.2 Å². The van der Waals surface area contributed by atoms with Gasteiger partial charge in [0.15, 0.2) is 5.84 Å². The maximum atomic E-state index is 5.50. The largest absolute Gasteiger partial charge is 0.344 e. The van der Waals surface area contributed by atoms with E-state index in [1.165, 1.54) is 64.0 Å². The van der Waals surface area contributed by atoms with Crippen LogP contribution in [0.2, 0.25) is 0 Å². The highest BCUT2D eigenvalue weighted by Gasteiger charge is 2.27. The molecule has 5 aromatic rings. The second kappa shape index (κ2) is 17.5. The Bertz CT molecular complexity index is 2560. The molecule has 4 aliphatic carbocycles. The van der Waals surface area contributed by atoms with E-state index >= 15 is 0 Å². The molecule has 5 atom stereocenters. The molecule has 1 aliphatic heterocycles. The third kappa shape index (κ3) is 8.25. The van der Waals surface area contributed by atoms with Gasteiger partial charge in [-0.1, -0.05) is 176 Å². The Morgan fingerprint density at radius 3 is 2.08 bits per heavy atom. The molecule has 4 heteroatoms. The Hall–Kier alpha value is -6.39. The zero-order valence-corrected chi connectivity index (χ0v) is 34.2. The zero-order chi connectivity index (χ0) is 40.1. The third-order valence-corrected chi connectivity index (χ3v) is 12.9. The molecule has 296 valence electrons. The van der Waals surface area contributed by atoms with Gasteiger partial charge in [-0.3, -0.25) is 4.98 Å². The van der Waals surface area contributed by atoms with Crippen molar-refractivity contribution < 1.29 is 0 Å². The molecule has 0 fully saturated rings. The van der Waals surface area contributed by atoms with Gasteiger partial charge in [0.25, 0.3) is 0 Å². The molecule has 1 N–H and O–H groups in total. The fourth-order valence-electron chi connectivity index (χ4n) is 9.49. The standard InChI is InChI=1S/C56H52N4/c1-5-14-39(15-6-1)41-24-30-46(31-25-41)54-58-55(47-32-26-42(27-33-47)40-16-7-2-8-17-40)60-56(59-54)48-34-28-43(29-35-48)49-22-13-23-50(38-49)52-37-36-51(44-18-9-3-10-19-44)53(57-52)45-20-11-4-12-21-45/h1,4-7,9,11-18,20,23-37,44-45,49-50,54H,2-3,8,10,19,21-22,38H2,(H,58,59,60). The summed E-state index contributed by atoms with van der Waals surface area (Å²) in [5, 5.41) is 3.68. The van der Waals surface area contributed by atoms with Crippen LogP contribution in [0.5, 0.6) is 0 Å². The van der Waals surface area contributed by atoms with Gasteiger partial charge in [-0.15, -0.1) is 0 Å². The molecule has 0 bridgehead atoms. The van der Waals surface area contributed by atoms with E-state index in [4.69, 9.17) is 15.0 Å². The minimum absolute atomic E-state index is 0.275. The summed E-state index contributed by atoms with van der Waals surface area (Å²) in [5.41, 5.74) is 13.3. The number of aliphatic imine (C=N–C) groups is 2. The first-order valence-corrected chi connectivity index (χ1v) is 22.1. The van der Waals surface area contributed by atoms with Crippen molar-refractivity contribution in [1.82, 2.24) is 10.3 Å². The lowest BCUT2D eigenvalue weighted by molar-refractivity contribution is 0.555. The van der Waals surface area contributed by atoms with Crippen LogP contribution in [0.25, 0.3) is 16.7 Å². The lowest BCUT2D eigenvalue weighted by Gasteiger charge is -2.28. The van der Waals surface area contributed by atoms with E-state index < -0.39 is 0 Å². The van der Waals surface area contributed by atoms with E-state index in [0.29, 0.717) is 17.8 Å². The van der Waals surface area contributed by atoms with Crippen molar-refractivity contribution in [1.29, 1.82) is 0 Å². The molecule has 4 nitrogen and oxygen atoms in total. The average molecular weight is 781 g/mol. The highest BCUT2D eigenvalue weighted by Crippen LogP contribution is 2.40. The summed E-state index contributed by atoms with van der Waals surface area (Å²) in [6.45, 7) is 0.